The molecular weight excluding hydrogens is 381 g/mol. The van der Waals surface area contributed by atoms with Gasteiger partial charge in [0, 0.05) is 22.7 Å². The lowest BCUT2D eigenvalue weighted by molar-refractivity contribution is 0.0991. The molecule has 6 heteroatoms. The Morgan fingerprint density at radius 1 is 1.03 bits per heavy atom. The number of hydrogen-bond acceptors (Lipinski definition) is 4. The van der Waals surface area contributed by atoms with Crippen molar-refractivity contribution in [3.05, 3.63) is 83.9 Å². The van der Waals surface area contributed by atoms with Crippen molar-refractivity contribution in [3.8, 4) is 22.4 Å². The smallest absolute Gasteiger partial charge is 0.270 e. The third-order valence-corrected chi connectivity index (χ3v) is 4.53. The highest BCUT2D eigenvalue weighted by Crippen LogP contribution is 2.34. The van der Waals surface area contributed by atoms with Gasteiger partial charge in [-0.1, -0.05) is 68.4 Å². The SMILES string of the molecule is CC.NC(=O)c1ncc2cc(-c3ccccc3)c(-c3ccc(CO)cc3)nc2c1F. The van der Waals surface area contributed by atoms with Crippen molar-refractivity contribution < 1.29 is 14.3 Å². The van der Waals surface area contributed by atoms with Crippen LogP contribution >= 0.6 is 0 Å². The molecule has 3 N–H and O–H groups in total. The van der Waals surface area contributed by atoms with E-state index in [9.17, 15) is 14.3 Å². The topological polar surface area (TPSA) is 89.1 Å². The van der Waals surface area contributed by atoms with Gasteiger partial charge in [0.2, 0.25) is 0 Å². The Morgan fingerprint density at radius 3 is 2.30 bits per heavy atom. The van der Waals surface area contributed by atoms with E-state index in [4.69, 9.17) is 5.73 Å². The number of nitrogens with zero attached hydrogens (tertiary/aromatic N) is 2. The first-order valence-corrected chi connectivity index (χ1v) is 9.63. The van der Waals surface area contributed by atoms with E-state index in [0.717, 1.165) is 22.3 Å². The van der Waals surface area contributed by atoms with E-state index in [0.29, 0.717) is 11.1 Å². The summed E-state index contributed by atoms with van der Waals surface area (Å²) in [6, 6.07) is 18.6. The summed E-state index contributed by atoms with van der Waals surface area (Å²) in [6.45, 7) is 3.93. The van der Waals surface area contributed by atoms with Gasteiger partial charge in [0.15, 0.2) is 11.5 Å². The number of nitrogens with two attached hydrogens (primary N) is 1. The van der Waals surface area contributed by atoms with E-state index >= 15 is 0 Å². The first kappa shape index (κ1) is 21.1. The second-order valence-electron chi connectivity index (χ2n) is 6.33. The maximum absolute atomic E-state index is 14.8. The third kappa shape index (κ3) is 4.04. The first-order chi connectivity index (χ1) is 14.6. The van der Waals surface area contributed by atoms with Crippen LogP contribution in [0.3, 0.4) is 0 Å². The predicted octanol–water partition coefficient (Wildman–Crippen LogP) is 4.72. The Hall–Kier alpha value is -3.64. The highest BCUT2D eigenvalue weighted by atomic mass is 19.1. The number of carbonyl (C=O) groups is 1. The largest absolute Gasteiger partial charge is 0.392 e. The van der Waals surface area contributed by atoms with Gasteiger partial charge in [-0.05, 0) is 17.2 Å². The minimum atomic E-state index is -0.942. The summed E-state index contributed by atoms with van der Waals surface area (Å²) in [5, 5.41) is 9.75. The van der Waals surface area contributed by atoms with Crippen LogP contribution in [0.4, 0.5) is 4.39 Å². The fourth-order valence-corrected chi connectivity index (χ4v) is 3.10. The van der Waals surface area contributed by atoms with E-state index in [1.807, 2.05) is 56.3 Å². The standard InChI is InChI=1S/C22H16FN3O2.C2H6/c23-18-20-16(11-25-21(18)22(24)28)10-17(14-4-2-1-3-5-14)19(26-20)15-8-6-13(12-27)7-9-15;1-2/h1-11,27H,12H2,(H2,24,28);1-2H3. The molecule has 0 spiro atoms. The number of pyridine rings is 2. The average Bonchev–Trinajstić information content (AvgIpc) is 2.80. The summed E-state index contributed by atoms with van der Waals surface area (Å²) in [5.74, 6) is -1.78. The molecule has 0 aliphatic heterocycles. The van der Waals surface area contributed by atoms with Gasteiger partial charge in [-0.25, -0.2) is 14.4 Å². The Morgan fingerprint density at radius 2 is 1.70 bits per heavy atom. The van der Waals surface area contributed by atoms with Crippen LogP contribution in [0, 0.1) is 5.82 Å². The van der Waals surface area contributed by atoms with Gasteiger partial charge in [0.1, 0.15) is 5.52 Å². The molecule has 0 saturated heterocycles. The molecule has 30 heavy (non-hydrogen) atoms. The lowest BCUT2D eigenvalue weighted by atomic mass is 9.97. The van der Waals surface area contributed by atoms with Gasteiger partial charge in [0.25, 0.3) is 5.91 Å². The van der Waals surface area contributed by atoms with Crippen molar-refractivity contribution in [2.45, 2.75) is 20.5 Å². The fraction of sp³-hybridized carbons (Fsp3) is 0.125. The zero-order valence-corrected chi connectivity index (χ0v) is 16.8. The summed E-state index contributed by atoms with van der Waals surface area (Å²) in [4.78, 5) is 19.8. The number of halogens is 1. The molecule has 0 aliphatic carbocycles. The molecule has 0 aliphatic rings. The van der Waals surface area contributed by atoms with Gasteiger partial charge in [0.05, 0.1) is 12.3 Å². The predicted molar refractivity (Wildman–Crippen MR) is 116 cm³/mol. The summed E-state index contributed by atoms with van der Waals surface area (Å²) in [6.07, 6.45) is 1.40. The average molecular weight is 403 g/mol. The normalized spacial score (nSPS) is 10.4. The molecule has 0 atom stereocenters. The molecule has 152 valence electrons. The van der Waals surface area contributed by atoms with Gasteiger partial charge in [-0.3, -0.25) is 4.79 Å². The third-order valence-electron chi connectivity index (χ3n) is 4.53. The van der Waals surface area contributed by atoms with Gasteiger partial charge < -0.3 is 10.8 Å². The van der Waals surface area contributed by atoms with Crippen molar-refractivity contribution in [1.29, 1.82) is 0 Å². The van der Waals surface area contributed by atoms with Crippen molar-refractivity contribution >= 4 is 16.8 Å². The molecule has 2 aromatic heterocycles. The van der Waals surface area contributed by atoms with Crippen molar-refractivity contribution in [2.24, 2.45) is 5.73 Å². The maximum Gasteiger partial charge on any atom is 0.270 e. The van der Waals surface area contributed by atoms with E-state index in [1.165, 1.54) is 6.20 Å². The van der Waals surface area contributed by atoms with Crippen molar-refractivity contribution in [1.82, 2.24) is 9.97 Å². The number of aliphatic hydroxyl groups excluding tert-OH is 1. The van der Waals surface area contributed by atoms with E-state index in [-0.39, 0.29) is 12.1 Å². The highest BCUT2D eigenvalue weighted by molar-refractivity contribution is 5.97. The number of hydrogen-bond donors (Lipinski definition) is 2. The van der Waals surface area contributed by atoms with Crippen LogP contribution in [-0.2, 0) is 6.61 Å². The van der Waals surface area contributed by atoms with Crippen LogP contribution < -0.4 is 5.73 Å². The number of aromatic nitrogens is 2. The number of rotatable bonds is 4. The van der Waals surface area contributed by atoms with Crippen LogP contribution in [0.2, 0.25) is 0 Å². The molecule has 0 fully saturated rings. The molecule has 0 unspecified atom stereocenters. The zero-order valence-electron chi connectivity index (χ0n) is 16.8. The molecule has 2 heterocycles. The van der Waals surface area contributed by atoms with E-state index in [1.54, 1.807) is 18.2 Å². The molecular formula is C24H22FN3O2. The Labute approximate surface area is 174 Å². The van der Waals surface area contributed by atoms with Crippen LogP contribution in [-0.4, -0.2) is 21.0 Å². The number of aliphatic hydroxyl groups is 1. The highest BCUT2D eigenvalue weighted by Gasteiger charge is 2.18. The first-order valence-electron chi connectivity index (χ1n) is 9.63. The van der Waals surface area contributed by atoms with Crippen LogP contribution in [0.5, 0.6) is 0 Å². The lowest BCUT2D eigenvalue weighted by Crippen LogP contribution is -2.15. The monoisotopic (exact) mass is 403 g/mol. The lowest BCUT2D eigenvalue weighted by Gasteiger charge is -2.13. The minimum absolute atomic E-state index is 0.0321. The van der Waals surface area contributed by atoms with Crippen LogP contribution in [0.1, 0.15) is 29.9 Å². The molecule has 0 bridgehead atoms. The molecule has 5 nitrogen and oxygen atoms in total. The van der Waals surface area contributed by atoms with Crippen molar-refractivity contribution in [3.63, 3.8) is 0 Å². The second-order valence-corrected chi connectivity index (χ2v) is 6.33. The van der Waals surface area contributed by atoms with Gasteiger partial charge in [-0.15, -0.1) is 0 Å². The zero-order chi connectivity index (χ0) is 21.7. The summed E-state index contributed by atoms with van der Waals surface area (Å²) in [7, 11) is 0. The van der Waals surface area contributed by atoms with E-state index < -0.39 is 17.4 Å². The molecule has 1 amide bonds. The number of fused-ring (bicyclic) bond motifs is 1. The summed E-state index contributed by atoms with van der Waals surface area (Å²) in [5.41, 5.74) is 8.61. The summed E-state index contributed by atoms with van der Waals surface area (Å²) < 4.78 is 14.8. The summed E-state index contributed by atoms with van der Waals surface area (Å²) >= 11 is 0. The van der Waals surface area contributed by atoms with E-state index in [2.05, 4.69) is 9.97 Å². The number of carbonyl (C=O) groups excluding carboxylic acids is 1. The Balaban J connectivity index is 0.00000124. The van der Waals surface area contributed by atoms with Gasteiger partial charge >= 0.3 is 0 Å². The Bertz CT molecular complexity index is 1180. The fourth-order valence-electron chi connectivity index (χ4n) is 3.10. The molecule has 0 saturated carbocycles. The number of amides is 1. The maximum atomic E-state index is 14.8. The number of primary amides is 1. The number of benzene rings is 2. The molecule has 0 radical (unpaired) electrons. The Kier molecular flexibility index (Phi) is 6.49. The van der Waals surface area contributed by atoms with Gasteiger partial charge in [-0.2, -0.15) is 0 Å². The molecule has 4 aromatic rings. The van der Waals surface area contributed by atoms with Crippen LogP contribution in [0.25, 0.3) is 33.3 Å². The molecule has 2 aromatic carbocycles. The molecule has 4 rings (SSSR count). The minimum Gasteiger partial charge on any atom is -0.392 e. The quantitative estimate of drug-likeness (QED) is 0.516. The van der Waals surface area contributed by atoms with Crippen molar-refractivity contribution in [2.75, 3.05) is 0 Å². The van der Waals surface area contributed by atoms with Crippen LogP contribution in [0.15, 0.2) is 66.9 Å². The second kappa shape index (κ2) is 9.24.